The minimum Gasteiger partial charge on any atom is -0.722 e. The summed E-state index contributed by atoms with van der Waals surface area (Å²) in [5, 5.41) is 14.6. The molecule has 0 radical (unpaired) electrons. The molecule has 9 nitrogen and oxygen atoms in total. The van der Waals surface area contributed by atoms with Crippen molar-refractivity contribution < 1.29 is 22.6 Å². The molecule has 158 valence electrons. The SMILES string of the molecule is CCCCOc1cccc(/C=N\[N+]([O-])=C(N)N)c1.Cc1ccc(S(=O)(=O)O)cc1. The minimum absolute atomic E-state index is 0.0666. The maximum Gasteiger partial charge on any atom is 0.366 e. The molecule has 2 aromatic carbocycles. The highest BCUT2D eigenvalue weighted by atomic mass is 32.2. The van der Waals surface area contributed by atoms with E-state index < -0.39 is 16.1 Å². The van der Waals surface area contributed by atoms with Crippen LogP contribution in [0.15, 0.2) is 58.5 Å². The van der Waals surface area contributed by atoms with Crippen LogP contribution in [0.4, 0.5) is 0 Å². The lowest BCUT2D eigenvalue weighted by Crippen LogP contribution is -2.30. The number of hydrogen-bond acceptors (Lipinski definition) is 5. The minimum atomic E-state index is -4.02. The average Bonchev–Trinajstić information content (AvgIpc) is 2.67. The van der Waals surface area contributed by atoms with Gasteiger partial charge in [-0.05, 0) is 43.2 Å². The first-order valence-electron chi connectivity index (χ1n) is 8.79. The zero-order valence-corrected chi connectivity index (χ0v) is 17.2. The molecule has 0 fully saturated rings. The van der Waals surface area contributed by atoms with Gasteiger partial charge in [-0.2, -0.15) is 8.42 Å². The third-order valence-electron chi connectivity index (χ3n) is 3.48. The Morgan fingerprint density at radius 2 is 1.90 bits per heavy atom. The fourth-order valence-electron chi connectivity index (χ4n) is 1.92. The number of guanidine groups is 1. The summed E-state index contributed by atoms with van der Waals surface area (Å²) in [5.41, 5.74) is 11.9. The second-order valence-electron chi connectivity index (χ2n) is 6.00. The van der Waals surface area contributed by atoms with Gasteiger partial charge in [0.25, 0.3) is 10.1 Å². The molecular weight excluding hydrogens is 396 g/mol. The largest absolute Gasteiger partial charge is 0.722 e. The van der Waals surface area contributed by atoms with Gasteiger partial charge in [0.1, 0.15) is 5.75 Å². The van der Waals surface area contributed by atoms with Crippen molar-refractivity contribution in [3.63, 3.8) is 0 Å². The van der Waals surface area contributed by atoms with E-state index in [0.717, 1.165) is 29.7 Å². The molecule has 0 saturated carbocycles. The summed E-state index contributed by atoms with van der Waals surface area (Å²) in [6.45, 7) is 4.62. The number of nitrogens with zero attached hydrogens (tertiary/aromatic N) is 2. The van der Waals surface area contributed by atoms with Crippen molar-refractivity contribution in [3.8, 4) is 5.75 Å². The van der Waals surface area contributed by atoms with Gasteiger partial charge in [0, 0.05) is 0 Å². The molecule has 0 amide bonds. The highest BCUT2D eigenvalue weighted by Crippen LogP contribution is 2.12. The van der Waals surface area contributed by atoms with Gasteiger partial charge in [0.15, 0.2) is 0 Å². The van der Waals surface area contributed by atoms with Crippen molar-refractivity contribution in [1.29, 1.82) is 0 Å². The van der Waals surface area contributed by atoms with Gasteiger partial charge in [-0.1, -0.05) is 43.2 Å². The number of hydrazone groups is 1. The highest BCUT2D eigenvalue weighted by molar-refractivity contribution is 7.85. The van der Waals surface area contributed by atoms with E-state index in [1.165, 1.54) is 18.3 Å². The number of nitrogens with two attached hydrogens (primary N) is 2. The maximum atomic E-state index is 11.0. The smallest absolute Gasteiger partial charge is 0.366 e. The van der Waals surface area contributed by atoms with E-state index in [2.05, 4.69) is 12.0 Å². The third-order valence-corrected chi connectivity index (χ3v) is 4.34. The van der Waals surface area contributed by atoms with E-state index in [0.29, 0.717) is 6.61 Å². The van der Waals surface area contributed by atoms with Crippen molar-refractivity contribution in [2.45, 2.75) is 31.6 Å². The maximum absolute atomic E-state index is 11.0. The Hall–Kier alpha value is -3.11. The summed E-state index contributed by atoms with van der Waals surface area (Å²) in [4.78, 5) is 0.0908. The van der Waals surface area contributed by atoms with Crippen molar-refractivity contribution in [3.05, 3.63) is 64.9 Å². The highest BCUT2D eigenvalue weighted by Gasteiger charge is 2.06. The van der Waals surface area contributed by atoms with Crippen LogP contribution in [-0.4, -0.2) is 36.6 Å². The monoisotopic (exact) mass is 422 g/mol. The van der Waals surface area contributed by atoms with E-state index in [1.807, 2.05) is 19.1 Å². The molecule has 5 N–H and O–H groups in total. The Kier molecular flexibility index (Phi) is 9.63. The first-order valence-corrected chi connectivity index (χ1v) is 10.2. The van der Waals surface area contributed by atoms with Gasteiger partial charge < -0.3 is 9.94 Å². The molecular formula is C19H26N4O5S. The lowest BCUT2D eigenvalue weighted by atomic mass is 10.2. The predicted molar refractivity (Wildman–Crippen MR) is 112 cm³/mol. The summed E-state index contributed by atoms with van der Waals surface area (Å²) in [6.07, 6.45) is 3.46. The van der Waals surface area contributed by atoms with Crippen LogP contribution in [0.5, 0.6) is 5.75 Å². The molecule has 0 aromatic heterocycles. The summed E-state index contributed by atoms with van der Waals surface area (Å²) < 4.78 is 35.1. The Labute approximate surface area is 170 Å². The molecule has 0 bridgehead atoms. The molecule has 10 heteroatoms. The Bertz CT molecular complexity index is 937. The van der Waals surface area contributed by atoms with Gasteiger partial charge in [0.2, 0.25) is 0 Å². The van der Waals surface area contributed by atoms with Crippen molar-refractivity contribution in [2.75, 3.05) is 6.61 Å². The number of benzene rings is 2. The van der Waals surface area contributed by atoms with Crippen LogP contribution in [0.3, 0.4) is 0 Å². The summed E-state index contributed by atoms with van der Waals surface area (Å²) in [7, 11) is -4.02. The molecule has 0 aliphatic heterocycles. The van der Waals surface area contributed by atoms with Gasteiger partial charge in [-0.25, -0.2) is 0 Å². The van der Waals surface area contributed by atoms with Crippen molar-refractivity contribution in [1.82, 2.24) is 0 Å². The first kappa shape index (κ1) is 23.9. The zero-order valence-electron chi connectivity index (χ0n) is 16.4. The summed E-state index contributed by atoms with van der Waals surface area (Å²) in [6, 6.07) is 13.3. The molecule has 0 unspecified atom stereocenters. The molecule has 0 heterocycles. The van der Waals surface area contributed by atoms with Crippen molar-refractivity contribution >= 4 is 22.3 Å². The molecule has 0 spiro atoms. The second kappa shape index (κ2) is 11.7. The Balaban J connectivity index is 0.000000326. The van der Waals surface area contributed by atoms with E-state index in [9.17, 15) is 13.6 Å². The van der Waals surface area contributed by atoms with Gasteiger partial charge >= 0.3 is 5.96 Å². The normalized spacial score (nSPS) is 10.9. The number of unbranched alkanes of at least 4 members (excludes halogenated alkanes) is 1. The number of aryl methyl sites for hydroxylation is 1. The molecule has 2 rings (SSSR count). The molecule has 0 atom stereocenters. The van der Waals surface area contributed by atoms with Gasteiger partial charge in [-0.3, -0.25) is 16.0 Å². The lowest BCUT2D eigenvalue weighted by molar-refractivity contribution is -0.463. The van der Waals surface area contributed by atoms with E-state index in [4.69, 9.17) is 20.8 Å². The number of hydrogen-bond donors (Lipinski definition) is 3. The van der Waals surface area contributed by atoms with Crippen LogP contribution in [-0.2, 0) is 10.1 Å². The zero-order chi connectivity index (χ0) is 21.9. The van der Waals surface area contributed by atoms with Crippen LogP contribution >= 0.6 is 0 Å². The summed E-state index contributed by atoms with van der Waals surface area (Å²) >= 11 is 0. The van der Waals surface area contributed by atoms with E-state index in [1.54, 1.807) is 24.3 Å². The molecule has 0 aliphatic rings. The van der Waals surface area contributed by atoms with E-state index in [-0.39, 0.29) is 9.74 Å². The summed E-state index contributed by atoms with van der Waals surface area (Å²) in [5.74, 6) is 0.344. The van der Waals surface area contributed by atoms with Gasteiger partial charge in [-0.15, -0.1) is 9.95 Å². The van der Waals surface area contributed by atoms with Crippen LogP contribution in [0.1, 0.15) is 30.9 Å². The second-order valence-corrected chi connectivity index (χ2v) is 7.43. The Morgan fingerprint density at radius 3 is 2.45 bits per heavy atom. The fraction of sp³-hybridized carbons (Fsp3) is 0.263. The molecule has 2 aromatic rings. The number of rotatable bonds is 7. The Morgan fingerprint density at radius 1 is 1.24 bits per heavy atom. The molecule has 0 saturated heterocycles. The van der Waals surface area contributed by atoms with Gasteiger partial charge in [0.05, 0.1) is 17.7 Å². The standard InChI is InChI=1S/C12H18N4O2.C7H8O3S/c1-2-3-7-18-11-6-4-5-10(8-11)9-15-16(17)12(13)14;1-6-2-4-7(5-3-6)11(8,9)10/h4-6,8-9H,2-3,7,13-14H2,1H3;2-5H,1H3,(H,8,9,10)/b15-9-;. The third kappa shape index (κ3) is 9.58. The predicted octanol–water partition coefficient (Wildman–Crippen LogP) is 2.22. The fourth-order valence-corrected chi connectivity index (χ4v) is 2.40. The van der Waals surface area contributed by atoms with Crippen LogP contribution in [0.2, 0.25) is 0 Å². The van der Waals surface area contributed by atoms with Crippen LogP contribution < -0.4 is 16.2 Å². The topological polar surface area (TPSA) is 154 Å². The molecule has 0 aliphatic carbocycles. The van der Waals surface area contributed by atoms with Crippen LogP contribution in [0.25, 0.3) is 0 Å². The molecule has 29 heavy (non-hydrogen) atoms. The first-order chi connectivity index (χ1) is 13.6. The van der Waals surface area contributed by atoms with Crippen molar-refractivity contribution in [2.24, 2.45) is 16.6 Å². The van der Waals surface area contributed by atoms with Crippen LogP contribution in [0, 0.1) is 12.1 Å². The average molecular weight is 423 g/mol. The van der Waals surface area contributed by atoms with E-state index >= 15 is 0 Å². The number of ether oxygens (including phenoxy) is 1. The quantitative estimate of drug-likeness (QED) is 0.118. The lowest BCUT2D eigenvalue weighted by Gasteiger charge is -2.06.